The number of aromatic nitrogens is 1. The monoisotopic (exact) mass is 229 g/mol. The molecule has 0 aliphatic carbocycles. The molecule has 1 aromatic heterocycles. The van der Waals surface area contributed by atoms with E-state index in [1.54, 1.807) is 0 Å². The standard InChI is InChI=1S/C9H5ClFNOS/c10-8-5-12-9(14-8)13-7-3-1-6(11)2-4-7/h1-5H. The summed E-state index contributed by atoms with van der Waals surface area (Å²) in [6.07, 6.45) is 1.51. The van der Waals surface area contributed by atoms with Gasteiger partial charge in [0.15, 0.2) is 0 Å². The summed E-state index contributed by atoms with van der Waals surface area (Å²) in [6, 6.07) is 5.71. The van der Waals surface area contributed by atoms with Crippen molar-refractivity contribution in [1.82, 2.24) is 4.98 Å². The number of hydrogen-bond acceptors (Lipinski definition) is 3. The molecule has 0 unspecified atom stereocenters. The minimum Gasteiger partial charge on any atom is -0.431 e. The van der Waals surface area contributed by atoms with Gasteiger partial charge in [0.25, 0.3) is 5.19 Å². The van der Waals surface area contributed by atoms with Crippen molar-refractivity contribution in [2.75, 3.05) is 0 Å². The maximum absolute atomic E-state index is 12.5. The van der Waals surface area contributed by atoms with Gasteiger partial charge in [-0.05, 0) is 24.3 Å². The molecule has 0 N–H and O–H groups in total. The van der Waals surface area contributed by atoms with Crippen molar-refractivity contribution in [3.05, 3.63) is 40.6 Å². The molecule has 1 aromatic carbocycles. The molecule has 0 radical (unpaired) electrons. The number of hydrogen-bond donors (Lipinski definition) is 0. The highest BCUT2D eigenvalue weighted by atomic mass is 35.5. The lowest BCUT2D eigenvalue weighted by Gasteiger charge is -1.99. The average Bonchev–Trinajstić information content (AvgIpc) is 2.56. The highest BCUT2D eigenvalue weighted by molar-refractivity contribution is 7.17. The maximum Gasteiger partial charge on any atom is 0.280 e. The Labute approximate surface area is 88.9 Å². The summed E-state index contributed by atoms with van der Waals surface area (Å²) in [4.78, 5) is 3.90. The minimum absolute atomic E-state index is 0.297. The minimum atomic E-state index is -0.297. The highest BCUT2D eigenvalue weighted by Crippen LogP contribution is 2.28. The Kier molecular flexibility index (Phi) is 2.65. The van der Waals surface area contributed by atoms with Gasteiger partial charge >= 0.3 is 0 Å². The largest absolute Gasteiger partial charge is 0.431 e. The van der Waals surface area contributed by atoms with Crippen LogP contribution in [-0.4, -0.2) is 4.98 Å². The summed E-state index contributed by atoms with van der Waals surface area (Å²) >= 11 is 6.89. The summed E-state index contributed by atoms with van der Waals surface area (Å²) in [7, 11) is 0. The van der Waals surface area contributed by atoms with Crippen LogP contribution in [0.1, 0.15) is 0 Å². The molecular formula is C9H5ClFNOS. The van der Waals surface area contributed by atoms with Crippen LogP contribution in [0.25, 0.3) is 0 Å². The fourth-order valence-electron chi connectivity index (χ4n) is 0.890. The van der Waals surface area contributed by atoms with Gasteiger partial charge in [-0.25, -0.2) is 9.37 Å². The molecule has 0 amide bonds. The van der Waals surface area contributed by atoms with Gasteiger partial charge in [0.1, 0.15) is 15.9 Å². The van der Waals surface area contributed by atoms with Gasteiger partial charge in [-0.15, -0.1) is 0 Å². The molecule has 2 rings (SSSR count). The van der Waals surface area contributed by atoms with Gasteiger partial charge in [0.05, 0.1) is 6.20 Å². The van der Waals surface area contributed by atoms with Gasteiger partial charge in [-0.2, -0.15) is 0 Å². The van der Waals surface area contributed by atoms with Gasteiger partial charge in [0.2, 0.25) is 0 Å². The van der Waals surface area contributed by atoms with Gasteiger partial charge < -0.3 is 4.74 Å². The molecule has 5 heteroatoms. The Morgan fingerprint density at radius 2 is 2.00 bits per heavy atom. The highest BCUT2D eigenvalue weighted by Gasteiger charge is 2.02. The topological polar surface area (TPSA) is 22.1 Å². The van der Waals surface area contributed by atoms with Crippen LogP contribution in [0.15, 0.2) is 30.5 Å². The molecule has 0 aliphatic rings. The summed E-state index contributed by atoms with van der Waals surface area (Å²) in [6.45, 7) is 0. The van der Waals surface area contributed by atoms with Gasteiger partial charge in [0, 0.05) is 0 Å². The predicted octanol–water partition coefficient (Wildman–Crippen LogP) is 3.73. The van der Waals surface area contributed by atoms with E-state index >= 15 is 0 Å². The molecule has 1 heterocycles. The predicted molar refractivity (Wildman–Crippen MR) is 53.6 cm³/mol. The van der Waals surface area contributed by atoms with Crippen LogP contribution < -0.4 is 4.74 Å². The molecule has 0 atom stereocenters. The van der Waals surface area contributed by atoms with Crippen molar-refractivity contribution < 1.29 is 9.13 Å². The van der Waals surface area contributed by atoms with E-state index in [9.17, 15) is 4.39 Å². The third kappa shape index (κ3) is 2.21. The lowest BCUT2D eigenvalue weighted by molar-refractivity contribution is 0.477. The number of ether oxygens (including phenoxy) is 1. The Balaban J connectivity index is 2.15. The lowest BCUT2D eigenvalue weighted by atomic mass is 10.3. The van der Waals surface area contributed by atoms with E-state index in [-0.39, 0.29) is 5.82 Å². The second-order valence-corrected chi connectivity index (χ2v) is 4.11. The van der Waals surface area contributed by atoms with E-state index in [0.29, 0.717) is 15.3 Å². The normalized spacial score (nSPS) is 10.1. The zero-order valence-corrected chi connectivity index (χ0v) is 8.48. The van der Waals surface area contributed by atoms with E-state index in [0.717, 1.165) is 0 Å². The van der Waals surface area contributed by atoms with Crippen molar-refractivity contribution in [3.8, 4) is 10.9 Å². The summed E-state index contributed by atoms with van der Waals surface area (Å²) < 4.78 is 18.4. The molecule has 72 valence electrons. The second-order valence-electron chi connectivity index (χ2n) is 2.49. The molecule has 0 aliphatic heterocycles. The Morgan fingerprint density at radius 1 is 1.29 bits per heavy atom. The van der Waals surface area contributed by atoms with Crippen molar-refractivity contribution in [2.45, 2.75) is 0 Å². The molecule has 0 saturated carbocycles. The fourth-order valence-corrected chi connectivity index (χ4v) is 1.65. The first-order valence-corrected chi connectivity index (χ1v) is 4.98. The smallest absolute Gasteiger partial charge is 0.280 e. The van der Waals surface area contributed by atoms with Crippen molar-refractivity contribution >= 4 is 22.9 Å². The Morgan fingerprint density at radius 3 is 2.57 bits per heavy atom. The third-order valence-corrected chi connectivity index (χ3v) is 2.47. The van der Waals surface area contributed by atoms with Crippen LogP contribution in [0, 0.1) is 5.82 Å². The van der Waals surface area contributed by atoms with Gasteiger partial charge in [-0.1, -0.05) is 22.9 Å². The lowest BCUT2D eigenvalue weighted by Crippen LogP contribution is -1.82. The first-order valence-electron chi connectivity index (χ1n) is 3.79. The second kappa shape index (κ2) is 3.94. The molecule has 0 saturated heterocycles. The zero-order valence-electron chi connectivity index (χ0n) is 6.91. The Bertz CT molecular complexity index is 429. The molecule has 0 bridgehead atoms. The van der Waals surface area contributed by atoms with Crippen molar-refractivity contribution in [1.29, 1.82) is 0 Å². The van der Waals surface area contributed by atoms with Crippen LogP contribution in [0.4, 0.5) is 4.39 Å². The molecule has 0 spiro atoms. The number of benzene rings is 1. The molecule has 14 heavy (non-hydrogen) atoms. The van der Waals surface area contributed by atoms with E-state index in [2.05, 4.69) is 4.98 Å². The summed E-state index contributed by atoms with van der Waals surface area (Å²) in [5, 5.41) is 0.446. The van der Waals surface area contributed by atoms with Gasteiger partial charge in [-0.3, -0.25) is 0 Å². The van der Waals surface area contributed by atoms with E-state index < -0.39 is 0 Å². The molecular weight excluding hydrogens is 225 g/mol. The average molecular weight is 230 g/mol. The van der Waals surface area contributed by atoms with E-state index in [1.807, 2.05) is 0 Å². The zero-order chi connectivity index (χ0) is 9.97. The van der Waals surface area contributed by atoms with Crippen molar-refractivity contribution in [2.24, 2.45) is 0 Å². The summed E-state index contributed by atoms with van der Waals surface area (Å²) in [5.41, 5.74) is 0. The SMILES string of the molecule is Fc1ccc(Oc2ncc(Cl)s2)cc1. The summed E-state index contributed by atoms with van der Waals surface area (Å²) in [5.74, 6) is 0.243. The quantitative estimate of drug-likeness (QED) is 0.783. The maximum atomic E-state index is 12.5. The van der Waals surface area contributed by atoms with Crippen LogP contribution in [0.5, 0.6) is 10.9 Å². The molecule has 2 nitrogen and oxygen atoms in total. The van der Waals surface area contributed by atoms with Crippen LogP contribution >= 0.6 is 22.9 Å². The molecule has 0 fully saturated rings. The Hall–Kier alpha value is -1.13. The number of rotatable bonds is 2. The number of nitrogens with zero attached hydrogens (tertiary/aromatic N) is 1. The van der Waals surface area contributed by atoms with E-state index in [1.165, 1.54) is 41.8 Å². The van der Waals surface area contributed by atoms with Crippen LogP contribution in [0.2, 0.25) is 4.34 Å². The molecule has 2 aromatic rings. The fraction of sp³-hybridized carbons (Fsp3) is 0. The van der Waals surface area contributed by atoms with Crippen LogP contribution in [0.3, 0.4) is 0 Å². The number of halogens is 2. The first kappa shape index (κ1) is 9.43. The first-order chi connectivity index (χ1) is 6.74. The number of thiazole rings is 1. The third-order valence-electron chi connectivity index (χ3n) is 1.48. The van der Waals surface area contributed by atoms with E-state index in [4.69, 9.17) is 16.3 Å². The van der Waals surface area contributed by atoms with Crippen molar-refractivity contribution in [3.63, 3.8) is 0 Å². The van der Waals surface area contributed by atoms with Crippen LogP contribution in [-0.2, 0) is 0 Å².